The Hall–Kier alpha value is -2.46. The maximum Gasteiger partial charge on any atom is 0.226 e. The molecule has 0 aliphatic carbocycles. The molecule has 2 N–H and O–H groups in total. The molecular weight excluding hydrogens is 544 g/mol. The molecule has 2 aromatic carbocycles. The minimum Gasteiger partial charge on any atom is -0.444 e. The normalized spacial score (nSPS) is 18.9. The van der Waals surface area contributed by atoms with E-state index >= 15 is 0 Å². The van der Waals surface area contributed by atoms with Crippen LogP contribution >= 0.6 is 24.0 Å². The van der Waals surface area contributed by atoms with Crippen LogP contribution in [0.3, 0.4) is 0 Å². The average molecular weight is 577 g/mol. The lowest BCUT2D eigenvalue weighted by Crippen LogP contribution is -2.51. The van der Waals surface area contributed by atoms with Gasteiger partial charge in [0.1, 0.15) is 12.1 Å². The lowest BCUT2D eigenvalue weighted by Gasteiger charge is -2.38. The first-order valence-corrected chi connectivity index (χ1v) is 11.6. The Labute approximate surface area is 218 Å². The molecular formula is C26H33FIN5O. The van der Waals surface area contributed by atoms with Crippen LogP contribution in [0.2, 0.25) is 0 Å². The quantitative estimate of drug-likeness (QED) is 0.239. The van der Waals surface area contributed by atoms with Crippen molar-refractivity contribution < 1.29 is 8.81 Å². The molecule has 0 radical (unpaired) electrons. The van der Waals surface area contributed by atoms with E-state index < -0.39 is 0 Å². The number of hydrogen-bond acceptors (Lipinski definition) is 4. The first kappa shape index (κ1) is 26.2. The molecule has 0 amide bonds. The summed E-state index contributed by atoms with van der Waals surface area (Å²) in [7, 11) is 1.80. The molecule has 1 saturated heterocycles. The number of hydrogen-bond donors (Lipinski definition) is 2. The number of aromatic nitrogens is 1. The van der Waals surface area contributed by atoms with Gasteiger partial charge in [-0.05, 0) is 49.6 Å². The summed E-state index contributed by atoms with van der Waals surface area (Å²) in [6, 6.07) is 17.7. The van der Waals surface area contributed by atoms with Crippen LogP contribution in [0.15, 0.2) is 70.3 Å². The highest BCUT2D eigenvalue weighted by atomic mass is 127. The molecule has 2 heterocycles. The van der Waals surface area contributed by atoms with Gasteiger partial charge in [0, 0.05) is 50.7 Å². The highest BCUT2D eigenvalue weighted by molar-refractivity contribution is 14.0. The molecule has 1 aliphatic rings. The fourth-order valence-electron chi connectivity index (χ4n) is 4.25. The highest BCUT2D eigenvalue weighted by Crippen LogP contribution is 2.20. The molecule has 0 spiro atoms. The van der Waals surface area contributed by atoms with Crippen molar-refractivity contribution in [2.45, 2.75) is 44.8 Å². The van der Waals surface area contributed by atoms with E-state index in [0.29, 0.717) is 30.9 Å². The number of nitrogens with zero attached hydrogens (tertiary/aromatic N) is 3. The molecule has 1 aromatic heterocycles. The Kier molecular flexibility index (Phi) is 9.88. The van der Waals surface area contributed by atoms with Crippen LogP contribution in [-0.2, 0) is 13.0 Å². The Morgan fingerprint density at radius 2 is 1.94 bits per heavy atom. The van der Waals surface area contributed by atoms with Gasteiger partial charge in [-0.1, -0.05) is 30.3 Å². The van der Waals surface area contributed by atoms with Crippen LogP contribution in [0.5, 0.6) is 0 Å². The van der Waals surface area contributed by atoms with Gasteiger partial charge < -0.3 is 15.1 Å². The smallest absolute Gasteiger partial charge is 0.226 e. The molecule has 4 rings (SSSR count). The van der Waals surface area contributed by atoms with Gasteiger partial charge in [0.25, 0.3) is 0 Å². The van der Waals surface area contributed by atoms with E-state index in [-0.39, 0.29) is 29.8 Å². The van der Waals surface area contributed by atoms with Crippen molar-refractivity contribution in [1.29, 1.82) is 0 Å². The van der Waals surface area contributed by atoms with Crippen molar-refractivity contribution in [1.82, 2.24) is 20.5 Å². The lowest BCUT2D eigenvalue weighted by molar-refractivity contribution is 0.134. The number of rotatable bonds is 7. The second-order valence-corrected chi connectivity index (χ2v) is 8.57. The molecule has 1 aliphatic heterocycles. The van der Waals surface area contributed by atoms with Crippen molar-refractivity contribution in [3.8, 4) is 11.5 Å². The largest absolute Gasteiger partial charge is 0.444 e. The predicted octanol–water partition coefficient (Wildman–Crippen LogP) is 4.86. The van der Waals surface area contributed by atoms with Gasteiger partial charge in [0.15, 0.2) is 5.96 Å². The van der Waals surface area contributed by atoms with Gasteiger partial charge in [0.2, 0.25) is 5.89 Å². The number of likely N-dealkylation sites (tertiary alicyclic amines) is 1. The zero-order chi connectivity index (χ0) is 23.0. The fourth-order valence-corrected chi connectivity index (χ4v) is 4.25. The number of benzene rings is 2. The summed E-state index contributed by atoms with van der Waals surface area (Å²) in [5, 5.41) is 6.96. The van der Waals surface area contributed by atoms with E-state index in [1.807, 2.05) is 0 Å². The van der Waals surface area contributed by atoms with Crippen molar-refractivity contribution in [2.24, 2.45) is 4.99 Å². The second-order valence-electron chi connectivity index (χ2n) is 8.57. The zero-order valence-corrected chi connectivity index (χ0v) is 22.0. The van der Waals surface area contributed by atoms with Gasteiger partial charge in [-0.2, -0.15) is 0 Å². The molecule has 2 unspecified atom stereocenters. The Balaban J connectivity index is 0.00000324. The Morgan fingerprint density at radius 1 is 1.18 bits per heavy atom. The molecule has 182 valence electrons. The van der Waals surface area contributed by atoms with Crippen molar-refractivity contribution in [2.75, 3.05) is 20.1 Å². The monoisotopic (exact) mass is 577 g/mol. The van der Waals surface area contributed by atoms with Gasteiger partial charge in [-0.25, -0.2) is 9.37 Å². The summed E-state index contributed by atoms with van der Waals surface area (Å²) >= 11 is 0. The molecule has 8 heteroatoms. The minimum atomic E-state index is -0.273. The minimum absolute atomic E-state index is 0. The third kappa shape index (κ3) is 7.27. The Bertz CT molecular complexity index is 1040. The highest BCUT2D eigenvalue weighted by Gasteiger charge is 2.25. The van der Waals surface area contributed by atoms with Crippen molar-refractivity contribution >= 4 is 29.9 Å². The third-order valence-corrected chi connectivity index (χ3v) is 6.12. The SMILES string of the molecule is CN=C(NCCc1coc(-c2ccc(F)cc2)n1)NC1CCN(Cc2ccccc2)C(C)C1.I. The summed E-state index contributed by atoms with van der Waals surface area (Å²) in [6.07, 6.45) is 4.53. The number of guanidine groups is 1. The first-order chi connectivity index (χ1) is 16.1. The first-order valence-electron chi connectivity index (χ1n) is 11.6. The molecule has 0 bridgehead atoms. The van der Waals surface area contributed by atoms with Gasteiger partial charge in [0.05, 0.1) is 5.69 Å². The number of piperidine rings is 1. The Morgan fingerprint density at radius 3 is 2.65 bits per heavy atom. The maximum atomic E-state index is 13.1. The lowest BCUT2D eigenvalue weighted by atomic mass is 9.97. The van der Waals surface area contributed by atoms with Gasteiger partial charge in [-0.15, -0.1) is 24.0 Å². The summed E-state index contributed by atoms with van der Waals surface area (Å²) < 4.78 is 18.7. The molecule has 0 saturated carbocycles. The van der Waals surface area contributed by atoms with E-state index in [2.05, 4.69) is 62.8 Å². The maximum absolute atomic E-state index is 13.1. The van der Waals surface area contributed by atoms with Crippen LogP contribution in [0.1, 0.15) is 31.0 Å². The summed E-state index contributed by atoms with van der Waals surface area (Å²) in [6.45, 7) is 5.06. The molecule has 3 aromatic rings. The van der Waals surface area contributed by atoms with Crippen LogP contribution < -0.4 is 10.6 Å². The van der Waals surface area contributed by atoms with Crippen molar-refractivity contribution in [3.63, 3.8) is 0 Å². The zero-order valence-electron chi connectivity index (χ0n) is 19.7. The molecule has 34 heavy (non-hydrogen) atoms. The van der Waals surface area contributed by atoms with E-state index in [0.717, 1.165) is 43.1 Å². The number of aliphatic imine (C=N–C) groups is 1. The molecule has 6 nitrogen and oxygen atoms in total. The van der Waals surface area contributed by atoms with E-state index in [4.69, 9.17) is 4.42 Å². The average Bonchev–Trinajstić information content (AvgIpc) is 3.30. The fraction of sp³-hybridized carbons (Fsp3) is 0.385. The summed E-state index contributed by atoms with van der Waals surface area (Å²) in [5.41, 5.74) is 2.98. The molecule has 1 fully saturated rings. The number of nitrogens with one attached hydrogen (secondary N) is 2. The standard InChI is InChI=1S/C26H32FN5O.HI/c1-19-16-23(13-15-32(19)17-20-6-4-3-5-7-20)31-26(28-2)29-14-12-24-18-33-25(30-24)21-8-10-22(27)11-9-21;/h3-11,18-19,23H,12-17H2,1-2H3,(H2,28,29,31);1H. The molecule has 2 atom stereocenters. The van der Waals surface area contributed by atoms with Gasteiger partial charge in [-0.3, -0.25) is 9.89 Å². The summed E-state index contributed by atoms with van der Waals surface area (Å²) in [5.74, 6) is 1.04. The van der Waals surface area contributed by atoms with E-state index in [1.165, 1.54) is 17.7 Å². The van der Waals surface area contributed by atoms with Crippen LogP contribution in [0.25, 0.3) is 11.5 Å². The van der Waals surface area contributed by atoms with E-state index in [9.17, 15) is 4.39 Å². The second kappa shape index (κ2) is 12.9. The predicted molar refractivity (Wildman–Crippen MR) is 145 cm³/mol. The third-order valence-electron chi connectivity index (χ3n) is 6.12. The summed E-state index contributed by atoms with van der Waals surface area (Å²) in [4.78, 5) is 11.4. The number of halogens is 2. The van der Waals surface area contributed by atoms with Crippen LogP contribution in [-0.4, -0.2) is 48.1 Å². The van der Waals surface area contributed by atoms with Gasteiger partial charge >= 0.3 is 0 Å². The topological polar surface area (TPSA) is 65.7 Å². The van der Waals surface area contributed by atoms with Crippen LogP contribution in [0, 0.1) is 5.82 Å². The van der Waals surface area contributed by atoms with E-state index in [1.54, 1.807) is 25.4 Å². The van der Waals surface area contributed by atoms with Crippen LogP contribution in [0.4, 0.5) is 4.39 Å². The van der Waals surface area contributed by atoms with Crippen molar-refractivity contribution in [3.05, 3.63) is 77.9 Å². The number of oxazole rings is 1.